The van der Waals surface area contributed by atoms with Crippen LogP contribution in [0.5, 0.6) is 0 Å². The van der Waals surface area contributed by atoms with Gasteiger partial charge in [-0.1, -0.05) is 24.8 Å². The van der Waals surface area contributed by atoms with E-state index in [0.717, 1.165) is 0 Å². The number of benzene rings is 1. The number of carbonyl (C=O) groups is 1. The van der Waals surface area contributed by atoms with E-state index in [1.165, 1.54) is 11.1 Å². The number of hydrogen-bond donors (Lipinski definition) is 1. The van der Waals surface area contributed by atoms with Gasteiger partial charge in [0.2, 0.25) is 0 Å². The number of hydrogen-bond acceptors (Lipinski definition) is 2. The first-order chi connectivity index (χ1) is 6.79. The molecule has 0 radical (unpaired) electrons. The average Bonchev–Trinajstić information content (AvgIpc) is 2.26. The van der Waals surface area contributed by atoms with Crippen LogP contribution in [0.1, 0.15) is 10.4 Å². The first-order valence-electron chi connectivity index (χ1n) is 4.39. The van der Waals surface area contributed by atoms with Gasteiger partial charge >= 0.3 is 0 Å². The molecular formula is C11H13NO2. The lowest BCUT2D eigenvalue weighted by Crippen LogP contribution is -2.28. The van der Waals surface area contributed by atoms with Crippen molar-refractivity contribution >= 4 is 5.91 Å². The highest BCUT2D eigenvalue weighted by Gasteiger charge is 2.10. The molecule has 0 aliphatic carbocycles. The second kappa shape index (κ2) is 5.19. The van der Waals surface area contributed by atoms with Crippen molar-refractivity contribution in [3.05, 3.63) is 48.7 Å². The summed E-state index contributed by atoms with van der Waals surface area (Å²) in [5, 5.41) is 8.72. The van der Waals surface area contributed by atoms with Gasteiger partial charge in [-0.25, -0.2) is 0 Å². The summed E-state index contributed by atoms with van der Waals surface area (Å²) in [4.78, 5) is 13.1. The third-order valence-corrected chi connectivity index (χ3v) is 1.84. The van der Waals surface area contributed by atoms with E-state index in [-0.39, 0.29) is 19.1 Å². The minimum absolute atomic E-state index is 0.0649. The standard InChI is InChI=1S/C11H13NO2/c1-2-12(8-9-13)11(14)10-6-4-3-5-7-10/h2-7,13H,1,8-9H2. The molecule has 0 aliphatic heterocycles. The molecule has 0 saturated carbocycles. The van der Waals surface area contributed by atoms with Crippen LogP contribution in [-0.2, 0) is 0 Å². The van der Waals surface area contributed by atoms with Gasteiger partial charge in [-0.2, -0.15) is 0 Å². The summed E-state index contributed by atoms with van der Waals surface area (Å²) in [6, 6.07) is 8.91. The highest BCUT2D eigenvalue weighted by atomic mass is 16.3. The van der Waals surface area contributed by atoms with Crippen LogP contribution in [0.3, 0.4) is 0 Å². The second-order valence-corrected chi connectivity index (χ2v) is 2.77. The van der Waals surface area contributed by atoms with Crippen molar-refractivity contribution < 1.29 is 9.90 Å². The maximum atomic E-state index is 11.7. The van der Waals surface area contributed by atoms with Crippen molar-refractivity contribution in [2.75, 3.05) is 13.2 Å². The number of aliphatic hydroxyl groups is 1. The topological polar surface area (TPSA) is 40.5 Å². The summed E-state index contributed by atoms with van der Waals surface area (Å²) in [7, 11) is 0. The molecule has 0 saturated heterocycles. The highest BCUT2D eigenvalue weighted by Crippen LogP contribution is 2.04. The quantitative estimate of drug-likeness (QED) is 0.778. The molecule has 1 aromatic carbocycles. The summed E-state index contributed by atoms with van der Waals surface area (Å²) in [6.45, 7) is 3.73. The van der Waals surface area contributed by atoms with Crippen LogP contribution >= 0.6 is 0 Å². The normalized spacial score (nSPS) is 9.50. The van der Waals surface area contributed by atoms with Crippen molar-refractivity contribution in [3.8, 4) is 0 Å². The fraction of sp³-hybridized carbons (Fsp3) is 0.182. The Morgan fingerprint density at radius 2 is 2.07 bits per heavy atom. The van der Waals surface area contributed by atoms with Crippen molar-refractivity contribution in [3.63, 3.8) is 0 Å². The van der Waals surface area contributed by atoms with Gasteiger partial charge in [0, 0.05) is 12.1 Å². The van der Waals surface area contributed by atoms with E-state index in [9.17, 15) is 4.79 Å². The van der Waals surface area contributed by atoms with Gasteiger partial charge in [0.15, 0.2) is 0 Å². The third kappa shape index (κ3) is 2.44. The van der Waals surface area contributed by atoms with Gasteiger partial charge in [-0.15, -0.1) is 0 Å². The van der Waals surface area contributed by atoms with E-state index in [1.807, 2.05) is 6.07 Å². The van der Waals surface area contributed by atoms with E-state index in [1.54, 1.807) is 24.3 Å². The first-order valence-corrected chi connectivity index (χ1v) is 4.39. The lowest BCUT2D eigenvalue weighted by atomic mass is 10.2. The SMILES string of the molecule is C=CN(CCO)C(=O)c1ccccc1. The molecule has 3 nitrogen and oxygen atoms in total. The van der Waals surface area contributed by atoms with E-state index >= 15 is 0 Å². The van der Waals surface area contributed by atoms with Gasteiger partial charge in [0.05, 0.1) is 6.61 Å². The maximum Gasteiger partial charge on any atom is 0.257 e. The van der Waals surface area contributed by atoms with Crippen LogP contribution in [0.2, 0.25) is 0 Å². The zero-order chi connectivity index (χ0) is 10.4. The van der Waals surface area contributed by atoms with E-state index < -0.39 is 0 Å². The first kappa shape index (κ1) is 10.5. The van der Waals surface area contributed by atoms with Gasteiger partial charge in [-0.05, 0) is 18.3 Å². The molecule has 1 aromatic rings. The molecule has 0 spiro atoms. The molecular weight excluding hydrogens is 178 g/mol. The smallest absolute Gasteiger partial charge is 0.257 e. The highest BCUT2D eigenvalue weighted by molar-refractivity contribution is 5.94. The fourth-order valence-corrected chi connectivity index (χ4v) is 1.13. The Labute approximate surface area is 83.3 Å². The Kier molecular flexibility index (Phi) is 3.88. The summed E-state index contributed by atoms with van der Waals surface area (Å²) in [6.07, 6.45) is 1.42. The molecule has 1 rings (SSSR count). The second-order valence-electron chi connectivity index (χ2n) is 2.77. The van der Waals surface area contributed by atoms with Crippen LogP contribution in [0.4, 0.5) is 0 Å². The van der Waals surface area contributed by atoms with Crippen molar-refractivity contribution in [1.29, 1.82) is 0 Å². The zero-order valence-corrected chi connectivity index (χ0v) is 7.89. The zero-order valence-electron chi connectivity index (χ0n) is 7.89. The number of rotatable bonds is 4. The molecule has 0 heterocycles. The Balaban J connectivity index is 2.78. The predicted molar refractivity (Wildman–Crippen MR) is 54.8 cm³/mol. The van der Waals surface area contributed by atoms with E-state index in [4.69, 9.17) is 5.11 Å². The Morgan fingerprint density at radius 3 is 2.57 bits per heavy atom. The number of amides is 1. The Morgan fingerprint density at radius 1 is 1.43 bits per heavy atom. The lowest BCUT2D eigenvalue weighted by Gasteiger charge is -2.16. The Bertz CT molecular complexity index is 308. The molecule has 1 amide bonds. The van der Waals surface area contributed by atoms with E-state index in [2.05, 4.69) is 6.58 Å². The molecule has 0 unspecified atom stereocenters. The average molecular weight is 191 g/mol. The third-order valence-electron chi connectivity index (χ3n) is 1.84. The monoisotopic (exact) mass is 191 g/mol. The lowest BCUT2D eigenvalue weighted by molar-refractivity contribution is 0.0798. The molecule has 3 heteroatoms. The molecule has 0 bridgehead atoms. The fourth-order valence-electron chi connectivity index (χ4n) is 1.13. The minimum atomic E-state index is -0.144. The summed E-state index contributed by atoms with van der Waals surface area (Å²) >= 11 is 0. The van der Waals surface area contributed by atoms with Gasteiger partial charge in [0.25, 0.3) is 5.91 Å². The maximum absolute atomic E-state index is 11.7. The number of nitrogens with zero attached hydrogens (tertiary/aromatic N) is 1. The van der Waals surface area contributed by atoms with Crippen LogP contribution < -0.4 is 0 Å². The van der Waals surface area contributed by atoms with Crippen LogP contribution in [0.25, 0.3) is 0 Å². The Hall–Kier alpha value is -1.61. The van der Waals surface area contributed by atoms with Crippen LogP contribution in [-0.4, -0.2) is 29.1 Å². The molecule has 0 aliphatic rings. The molecule has 0 atom stereocenters. The molecule has 1 N–H and O–H groups in total. The van der Waals surface area contributed by atoms with Gasteiger partial charge in [-0.3, -0.25) is 4.79 Å². The van der Waals surface area contributed by atoms with Gasteiger partial charge < -0.3 is 10.0 Å². The van der Waals surface area contributed by atoms with E-state index in [0.29, 0.717) is 5.56 Å². The molecule has 14 heavy (non-hydrogen) atoms. The van der Waals surface area contributed by atoms with Crippen LogP contribution in [0.15, 0.2) is 43.1 Å². The summed E-state index contributed by atoms with van der Waals surface area (Å²) in [5.41, 5.74) is 0.598. The predicted octanol–water partition coefficient (Wildman–Crippen LogP) is 1.26. The van der Waals surface area contributed by atoms with Crippen LogP contribution in [0, 0.1) is 0 Å². The minimum Gasteiger partial charge on any atom is -0.395 e. The summed E-state index contributed by atoms with van der Waals surface area (Å²) < 4.78 is 0. The van der Waals surface area contributed by atoms with Gasteiger partial charge in [0.1, 0.15) is 0 Å². The number of carbonyl (C=O) groups excluding carboxylic acids is 1. The van der Waals surface area contributed by atoms with Crippen molar-refractivity contribution in [1.82, 2.24) is 4.90 Å². The molecule has 74 valence electrons. The summed E-state index contributed by atoms with van der Waals surface area (Å²) in [5.74, 6) is -0.144. The molecule has 0 fully saturated rings. The van der Waals surface area contributed by atoms with Crippen molar-refractivity contribution in [2.24, 2.45) is 0 Å². The largest absolute Gasteiger partial charge is 0.395 e. The number of aliphatic hydroxyl groups excluding tert-OH is 1. The van der Waals surface area contributed by atoms with Crippen molar-refractivity contribution in [2.45, 2.75) is 0 Å². The molecule has 0 aromatic heterocycles.